The average Bonchev–Trinajstić information content (AvgIpc) is 3.04. The van der Waals surface area contributed by atoms with E-state index in [9.17, 15) is 4.79 Å². The molecule has 1 fully saturated rings. The molecule has 0 bridgehead atoms. The SMILES string of the molecule is CC1(CNC(=O)Cc2csc(-c3cccs3)n2)COC1. The highest BCUT2D eigenvalue weighted by molar-refractivity contribution is 7.20. The van der Waals surface area contributed by atoms with E-state index in [1.54, 1.807) is 22.7 Å². The van der Waals surface area contributed by atoms with Gasteiger partial charge in [-0.2, -0.15) is 0 Å². The highest BCUT2D eigenvalue weighted by Gasteiger charge is 2.33. The highest BCUT2D eigenvalue weighted by Crippen LogP contribution is 2.28. The fraction of sp³-hybridized carbons (Fsp3) is 0.429. The zero-order chi connectivity index (χ0) is 14.0. The number of hydrogen-bond donors (Lipinski definition) is 1. The van der Waals surface area contributed by atoms with Gasteiger partial charge in [0.05, 0.1) is 30.2 Å². The standard InChI is InChI=1S/C14H16N2O2S2/c1-14(8-18-9-14)7-15-12(17)5-10-6-20-13(16-10)11-3-2-4-19-11/h2-4,6H,5,7-9H2,1H3,(H,15,17). The Kier molecular flexibility index (Phi) is 3.87. The molecule has 0 spiro atoms. The fourth-order valence-electron chi connectivity index (χ4n) is 1.99. The molecule has 1 amide bonds. The van der Waals surface area contributed by atoms with Crippen LogP contribution >= 0.6 is 22.7 Å². The predicted octanol–water partition coefficient (Wildman–Crippen LogP) is 2.57. The summed E-state index contributed by atoms with van der Waals surface area (Å²) in [5.41, 5.74) is 0.950. The Morgan fingerprint density at radius 2 is 2.35 bits per heavy atom. The van der Waals surface area contributed by atoms with Gasteiger partial charge in [0.1, 0.15) is 5.01 Å². The number of nitrogens with one attached hydrogen (secondary N) is 1. The molecule has 20 heavy (non-hydrogen) atoms. The molecule has 106 valence electrons. The normalized spacial score (nSPS) is 16.6. The van der Waals surface area contributed by atoms with E-state index in [-0.39, 0.29) is 11.3 Å². The Balaban J connectivity index is 1.54. The number of carbonyl (C=O) groups excluding carboxylic acids is 1. The van der Waals surface area contributed by atoms with Crippen molar-refractivity contribution >= 4 is 28.6 Å². The van der Waals surface area contributed by atoms with E-state index < -0.39 is 0 Å². The van der Waals surface area contributed by atoms with Crippen LogP contribution in [0.25, 0.3) is 9.88 Å². The fourth-order valence-corrected chi connectivity index (χ4v) is 3.63. The van der Waals surface area contributed by atoms with Crippen molar-refractivity contribution in [2.75, 3.05) is 19.8 Å². The minimum Gasteiger partial charge on any atom is -0.380 e. The number of thiophene rings is 1. The lowest BCUT2D eigenvalue weighted by molar-refractivity contribution is -0.126. The molecule has 1 N–H and O–H groups in total. The first-order valence-corrected chi connectivity index (χ1v) is 8.23. The van der Waals surface area contributed by atoms with Crippen LogP contribution in [-0.4, -0.2) is 30.6 Å². The number of ether oxygens (including phenoxy) is 1. The van der Waals surface area contributed by atoms with Gasteiger partial charge in [0.25, 0.3) is 0 Å². The van der Waals surface area contributed by atoms with Gasteiger partial charge in [0, 0.05) is 17.3 Å². The summed E-state index contributed by atoms with van der Waals surface area (Å²) in [6, 6.07) is 4.06. The predicted molar refractivity (Wildman–Crippen MR) is 81.1 cm³/mol. The van der Waals surface area contributed by atoms with Crippen LogP contribution in [0.2, 0.25) is 0 Å². The van der Waals surface area contributed by atoms with Gasteiger partial charge in [-0.25, -0.2) is 4.98 Å². The molecule has 1 aliphatic heterocycles. The van der Waals surface area contributed by atoms with Gasteiger partial charge in [-0.3, -0.25) is 4.79 Å². The topological polar surface area (TPSA) is 51.2 Å². The molecule has 2 aromatic rings. The molecular weight excluding hydrogens is 292 g/mol. The van der Waals surface area contributed by atoms with Gasteiger partial charge in [-0.15, -0.1) is 22.7 Å². The van der Waals surface area contributed by atoms with Crippen molar-refractivity contribution < 1.29 is 9.53 Å². The van der Waals surface area contributed by atoms with Crippen molar-refractivity contribution in [1.29, 1.82) is 0 Å². The van der Waals surface area contributed by atoms with Crippen molar-refractivity contribution in [3.8, 4) is 9.88 Å². The molecule has 4 nitrogen and oxygen atoms in total. The summed E-state index contributed by atoms with van der Waals surface area (Å²) in [6.07, 6.45) is 0.346. The number of thiazole rings is 1. The van der Waals surface area contributed by atoms with E-state index in [1.165, 1.54) is 0 Å². The van der Waals surface area contributed by atoms with Gasteiger partial charge in [0.2, 0.25) is 5.91 Å². The van der Waals surface area contributed by atoms with Crippen LogP contribution in [-0.2, 0) is 16.0 Å². The van der Waals surface area contributed by atoms with E-state index in [0.29, 0.717) is 13.0 Å². The van der Waals surface area contributed by atoms with Gasteiger partial charge in [-0.1, -0.05) is 13.0 Å². The molecule has 0 radical (unpaired) electrons. The maximum absolute atomic E-state index is 11.9. The third-order valence-electron chi connectivity index (χ3n) is 3.24. The Morgan fingerprint density at radius 3 is 3.00 bits per heavy atom. The van der Waals surface area contributed by atoms with Crippen LogP contribution in [0, 0.1) is 5.41 Å². The van der Waals surface area contributed by atoms with E-state index in [0.717, 1.165) is 28.8 Å². The zero-order valence-corrected chi connectivity index (χ0v) is 12.9. The minimum atomic E-state index is 0.0288. The summed E-state index contributed by atoms with van der Waals surface area (Å²) in [6.45, 7) is 4.25. The van der Waals surface area contributed by atoms with Crippen LogP contribution in [0.3, 0.4) is 0 Å². The summed E-state index contributed by atoms with van der Waals surface area (Å²) in [4.78, 5) is 17.6. The van der Waals surface area contributed by atoms with Crippen molar-refractivity contribution in [3.63, 3.8) is 0 Å². The quantitative estimate of drug-likeness (QED) is 0.923. The number of hydrogen-bond acceptors (Lipinski definition) is 5. The third-order valence-corrected chi connectivity index (χ3v) is 5.17. The van der Waals surface area contributed by atoms with Crippen LogP contribution in [0.15, 0.2) is 22.9 Å². The smallest absolute Gasteiger partial charge is 0.226 e. The first-order chi connectivity index (χ1) is 9.65. The summed E-state index contributed by atoms with van der Waals surface area (Å²) < 4.78 is 5.17. The van der Waals surface area contributed by atoms with E-state index in [2.05, 4.69) is 17.2 Å². The van der Waals surface area contributed by atoms with Crippen LogP contribution in [0.4, 0.5) is 0 Å². The van der Waals surface area contributed by atoms with Crippen LogP contribution in [0.1, 0.15) is 12.6 Å². The number of nitrogens with zero attached hydrogens (tertiary/aromatic N) is 1. The van der Waals surface area contributed by atoms with Gasteiger partial charge in [-0.05, 0) is 11.4 Å². The van der Waals surface area contributed by atoms with Crippen molar-refractivity contribution in [1.82, 2.24) is 10.3 Å². The Hall–Kier alpha value is -1.24. The summed E-state index contributed by atoms with van der Waals surface area (Å²) in [5.74, 6) is 0.0288. The number of aromatic nitrogens is 1. The first kappa shape index (κ1) is 13.7. The van der Waals surface area contributed by atoms with E-state index in [4.69, 9.17) is 4.74 Å². The molecule has 0 atom stereocenters. The maximum atomic E-state index is 11.9. The second-order valence-corrected chi connectivity index (χ2v) is 7.18. The third kappa shape index (κ3) is 3.08. The van der Waals surface area contributed by atoms with Crippen LogP contribution < -0.4 is 5.32 Å². The summed E-state index contributed by atoms with van der Waals surface area (Å²) in [5, 5.41) is 7.95. The monoisotopic (exact) mass is 308 g/mol. The molecule has 6 heteroatoms. The largest absolute Gasteiger partial charge is 0.380 e. The molecule has 3 rings (SSSR count). The lowest BCUT2D eigenvalue weighted by Gasteiger charge is -2.38. The first-order valence-electron chi connectivity index (χ1n) is 6.47. The molecule has 1 saturated heterocycles. The lowest BCUT2D eigenvalue weighted by atomic mass is 9.89. The van der Waals surface area contributed by atoms with E-state index in [1.807, 2.05) is 22.9 Å². The Bertz CT molecular complexity index is 588. The number of rotatable bonds is 5. The molecule has 3 heterocycles. The minimum absolute atomic E-state index is 0.0288. The van der Waals surface area contributed by atoms with Crippen LogP contribution in [0.5, 0.6) is 0 Å². The number of carbonyl (C=O) groups is 1. The molecule has 0 unspecified atom stereocenters. The molecule has 0 aliphatic carbocycles. The maximum Gasteiger partial charge on any atom is 0.226 e. The zero-order valence-electron chi connectivity index (χ0n) is 11.2. The second-order valence-electron chi connectivity index (χ2n) is 5.38. The molecule has 0 saturated carbocycles. The molecule has 1 aliphatic rings. The van der Waals surface area contributed by atoms with Gasteiger partial charge >= 0.3 is 0 Å². The van der Waals surface area contributed by atoms with E-state index >= 15 is 0 Å². The Labute approximate surface area is 125 Å². The second kappa shape index (κ2) is 5.63. The van der Waals surface area contributed by atoms with Crippen molar-refractivity contribution in [2.24, 2.45) is 5.41 Å². The molecule has 2 aromatic heterocycles. The molecular formula is C14H16N2O2S2. The summed E-state index contributed by atoms with van der Waals surface area (Å²) >= 11 is 3.25. The van der Waals surface area contributed by atoms with Gasteiger partial charge < -0.3 is 10.1 Å². The van der Waals surface area contributed by atoms with Gasteiger partial charge in [0.15, 0.2) is 0 Å². The highest BCUT2D eigenvalue weighted by atomic mass is 32.1. The molecule has 0 aromatic carbocycles. The lowest BCUT2D eigenvalue weighted by Crippen LogP contribution is -2.48. The van der Waals surface area contributed by atoms with Crippen molar-refractivity contribution in [2.45, 2.75) is 13.3 Å². The Morgan fingerprint density at radius 1 is 1.50 bits per heavy atom. The van der Waals surface area contributed by atoms with Crippen molar-refractivity contribution in [3.05, 3.63) is 28.6 Å². The average molecular weight is 308 g/mol. The summed E-state index contributed by atoms with van der Waals surface area (Å²) in [7, 11) is 0. The number of amides is 1.